The van der Waals surface area contributed by atoms with E-state index >= 15 is 0 Å². The minimum absolute atomic E-state index is 0.397. The maximum Gasteiger partial charge on any atom is 0.179 e. The Bertz CT molecular complexity index is 733. The molecule has 0 atom stereocenters. The molecule has 2 aromatic rings. The van der Waals surface area contributed by atoms with E-state index in [9.17, 15) is 0 Å². The number of ether oxygens (including phenoxy) is 2. The molecule has 0 saturated heterocycles. The summed E-state index contributed by atoms with van der Waals surface area (Å²) >= 11 is 12.3. The van der Waals surface area contributed by atoms with Crippen LogP contribution in [0.25, 0.3) is 0 Å². The van der Waals surface area contributed by atoms with Crippen LogP contribution in [0.1, 0.15) is 26.3 Å². The third-order valence-electron chi connectivity index (χ3n) is 3.12. The Morgan fingerprint density at radius 1 is 1.16 bits per heavy atom. The third-order valence-corrected chi connectivity index (χ3v) is 3.64. The largest absolute Gasteiger partial charge is 0.490 e. The zero-order valence-electron chi connectivity index (χ0n) is 14.6. The van der Waals surface area contributed by atoms with Crippen molar-refractivity contribution in [2.45, 2.75) is 20.8 Å². The van der Waals surface area contributed by atoms with Crippen LogP contribution in [0.4, 0.5) is 5.69 Å². The van der Waals surface area contributed by atoms with Crippen LogP contribution in [0.3, 0.4) is 0 Å². The predicted octanol–water partition coefficient (Wildman–Crippen LogP) is 5.87. The van der Waals surface area contributed by atoms with E-state index in [0.717, 1.165) is 11.3 Å². The summed E-state index contributed by atoms with van der Waals surface area (Å²) in [5.41, 5.74) is 4.54. The van der Waals surface area contributed by atoms with Crippen molar-refractivity contribution >= 4 is 35.1 Å². The quantitative estimate of drug-likeness (QED) is 0.459. The third kappa shape index (κ3) is 6.15. The molecule has 0 aliphatic carbocycles. The number of rotatable bonds is 8. The first kappa shape index (κ1) is 19.4. The van der Waals surface area contributed by atoms with Gasteiger partial charge in [-0.05, 0) is 48.7 Å². The first-order valence-corrected chi connectivity index (χ1v) is 8.89. The lowest BCUT2D eigenvalue weighted by atomic mass is 10.2. The van der Waals surface area contributed by atoms with E-state index < -0.39 is 0 Å². The maximum absolute atomic E-state index is 6.37. The van der Waals surface area contributed by atoms with E-state index in [1.807, 2.05) is 25.1 Å². The van der Waals surface area contributed by atoms with E-state index in [0.29, 0.717) is 40.7 Å². The molecule has 0 spiro atoms. The van der Waals surface area contributed by atoms with Gasteiger partial charge in [-0.1, -0.05) is 43.1 Å². The molecule has 2 rings (SSSR count). The number of hydrogen-bond donors (Lipinski definition) is 1. The standard InChI is InChI=1S/C19H22Cl2N2O2/c1-4-24-18-9-14(8-17(21)19(18)25-12-13(2)3)11-22-23-16-7-5-6-15(20)10-16/h5-11,13,23H,4,12H2,1-3H3. The Labute approximate surface area is 158 Å². The van der Waals surface area contributed by atoms with Gasteiger partial charge in [-0.15, -0.1) is 0 Å². The van der Waals surface area contributed by atoms with Crippen LogP contribution < -0.4 is 14.9 Å². The van der Waals surface area contributed by atoms with Gasteiger partial charge in [0.1, 0.15) is 0 Å². The molecule has 0 bridgehead atoms. The number of anilines is 1. The van der Waals surface area contributed by atoms with Crippen molar-refractivity contribution in [3.8, 4) is 11.5 Å². The van der Waals surface area contributed by atoms with Gasteiger partial charge in [0.15, 0.2) is 11.5 Å². The van der Waals surface area contributed by atoms with Gasteiger partial charge in [-0.2, -0.15) is 5.10 Å². The van der Waals surface area contributed by atoms with Gasteiger partial charge in [-0.25, -0.2) is 0 Å². The molecule has 0 aliphatic rings. The maximum atomic E-state index is 6.37. The lowest BCUT2D eigenvalue weighted by Crippen LogP contribution is -2.07. The summed E-state index contributed by atoms with van der Waals surface area (Å²) in [6, 6.07) is 11.0. The first-order valence-electron chi connectivity index (χ1n) is 8.13. The lowest BCUT2D eigenvalue weighted by molar-refractivity contribution is 0.248. The second-order valence-corrected chi connectivity index (χ2v) is 6.69. The molecular formula is C19H22Cl2N2O2. The van der Waals surface area contributed by atoms with E-state index in [1.54, 1.807) is 24.4 Å². The molecule has 2 aromatic carbocycles. The van der Waals surface area contributed by atoms with Gasteiger partial charge in [0.2, 0.25) is 0 Å². The molecule has 25 heavy (non-hydrogen) atoms. The normalized spacial score (nSPS) is 11.1. The molecule has 0 aliphatic heterocycles. The average Bonchev–Trinajstić information content (AvgIpc) is 2.54. The summed E-state index contributed by atoms with van der Waals surface area (Å²) in [6.07, 6.45) is 1.67. The van der Waals surface area contributed by atoms with Crippen LogP contribution in [0.2, 0.25) is 10.0 Å². The van der Waals surface area contributed by atoms with E-state index in [4.69, 9.17) is 32.7 Å². The van der Waals surface area contributed by atoms with Gasteiger partial charge in [0.05, 0.1) is 30.1 Å². The minimum atomic E-state index is 0.397. The zero-order chi connectivity index (χ0) is 18.2. The summed E-state index contributed by atoms with van der Waals surface area (Å²) < 4.78 is 11.5. The summed E-state index contributed by atoms with van der Waals surface area (Å²) in [5.74, 6) is 1.57. The number of hydrogen-bond acceptors (Lipinski definition) is 4. The van der Waals surface area contributed by atoms with Crippen molar-refractivity contribution in [2.75, 3.05) is 18.6 Å². The fourth-order valence-electron chi connectivity index (χ4n) is 2.05. The Morgan fingerprint density at radius 3 is 2.64 bits per heavy atom. The Balaban J connectivity index is 2.16. The van der Waals surface area contributed by atoms with Gasteiger partial charge >= 0.3 is 0 Å². The van der Waals surface area contributed by atoms with Crippen molar-refractivity contribution < 1.29 is 9.47 Å². The van der Waals surface area contributed by atoms with Crippen LogP contribution in [0.5, 0.6) is 11.5 Å². The second-order valence-electron chi connectivity index (χ2n) is 5.85. The van der Waals surface area contributed by atoms with Crippen molar-refractivity contribution in [1.29, 1.82) is 0 Å². The highest BCUT2D eigenvalue weighted by molar-refractivity contribution is 6.32. The lowest BCUT2D eigenvalue weighted by Gasteiger charge is -2.15. The van der Waals surface area contributed by atoms with Crippen LogP contribution in [-0.2, 0) is 0 Å². The molecule has 1 N–H and O–H groups in total. The minimum Gasteiger partial charge on any atom is -0.490 e. The van der Waals surface area contributed by atoms with Gasteiger partial charge in [-0.3, -0.25) is 5.43 Å². The molecule has 0 unspecified atom stereocenters. The molecule has 0 saturated carbocycles. The fraction of sp³-hybridized carbons (Fsp3) is 0.316. The summed E-state index contributed by atoms with van der Waals surface area (Å²) in [5, 5.41) is 5.35. The molecule has 134 valence electrons. The van der Waals surface area contributed by atoms with E-state index in [2.05, 4.69) is 24.4 Å². The van der Waals surface area contributed by atoms with Crippen molar-refractivity contribution in [3.05, 3.63) is 52.0 Å². The highest BCUT2D eigenvalue weighted by atomic mass is 35.5. The highest BCUT2D eigenvalue weighted by Gasteiger charge is 2.12. The van der Waals surface area contributed by atoms with Crippen LogP contribution in [0.15, 0.2) is 41.5 Å². The van der Waals surface area contributed by atoms with Gasteiger partial charge in [0, 0.05) is 5.02 Å². The van der Waals surface area contributed by atoms with Crippen LogP contribution in [-0.4, -0.2) is 19.4 Å². The molecule has 0 fully saturated rings. The summed E-state index contributed by atoms with van der Waals surface area (Å²) in [4.78, 5) is 0. The van der Waals surface area contributed by atoms with E-state index in [1.165, 1.54) is 0 Å². The Morgan fingerprint density at radius 2 is 1.96 bits per heavy atom. The summed E-state index contributed by atoms with van der Waals surface area (Å²) in [7, 11) is 0. The Kier molecular flexibility index (Phi) is 7.41. The number of benzene rings is 2. The first-order chi connectivity index (χ1) is 12.0. The number of nitrogens with zero attached hydrogens (tertiary/aromatic N) is 1. The average molecular weight is 381 g/mol. The SMILES string of the molecule is CCOc1cc(C=NNc2cccc(Cl)c2)cc(Cl)c1OCC(C)C. The smallest absolute Gasteiger partial charge is 0.179 e. The van der Waals surface area contributed by atoms with Gasteiger partial charge in [0.25, 0.3) is 0 Å². The van der Waals surface area contributed by atoms with Gasteiger partial charge < -0.3 is 9.47 Å². The highest BCUT2D eigenvalue weighted by Crippen LogP contribution is 2.36. The number of halogens is 2. The Hall–Kier alpha value is -1.91. The molecule has 0 heterocycles. The van der Waals surface area contributed by atoms with E-state index in [-0.39, 0.29) is 0 Å². The van der Waals surface area contributed by atoms with Crippen molar-refractivity contribution in [3.63, 3.8) is 0 Å². The molecule has 6 heteroatoms. The van der Waals surface area contributed by atoms with Crippen molar-refractivity contribution in [2.24, 2.45) is 11.0 Å². The monoisotopic (exact) mass is 380 g/mol. The molecule has 0 aromatic heterocycles. The molecule has 0 amide bonds. The molecule has 4 nitrogen and oxygen atoms in total. The number of nitrogens with one attached hydrogen (secondary N) is 1. The van der Waals surface area contributed by atoms with Crippen molar-refractivity contribution in [1.82, 2.24) is 0 Å². The topological polar surface area (TPSA) is 42.8 Å². The summed E-state index contributed by atoms with van der Waals surface area (Å²) in [6.45, 7) is 7.18. The molecular weight excluding hydrogens is 359 g/mol. The van der Waals surface area contributed by atoms with Crippen LogP contribution >= 0.6 is 23.2 Å². The van der Waals surface area contributed by atoms with Crippen LogP contribution in [0, 0.1) is 5.92 Å². The fourth-order valence-corrected chi connectivity index (χ4v) is 2.52. The second kappa shape index (κ2) is 9.54. The zero-order valence-corrected chi connectivity index (χ0v) is 16.1. The molecule has 0 radical (unpaired) electrons. The number of hydrazone groups is 1. The predicted molar refractivity (Wildman–Crippen MR) is 106 cm³/mol.